The van der Waals surface area contributed by atoms with E-state index in [4.69, 9.17) is 21.1 Å². The van der Waals surface area contributed by atoms with Crippen LogP contribution < -0.4 is 10.6 Å². The van der Waals surface area contributed by atoms with E-state index in [9.17, 15) is 9.18 Å². The number of amides is 1. The fourth-order valence-corrected chi connectivity index (χ4v) is 4.68. The number of rotatable bonds is 6. The summed E-state index contributed by atoms with van der Waals surface area (Å²) in [5.74, 6) is 0.228. The van der Waals surface area contributed by atoms with Gasteiger partial charge in [-0.05, 0) is 38.2 Å². The van der Waals surface area contributed by atoms with Crippen molar-refractivity contribution in [2.24, 2.45) is 5.92 Å². The van der Waals surface area contributed by atoms with Gasteiger partial charge in [0.2, 0.25) is 0 Å². The Hall–Kier alpha value is -2.98. The molecule has 4 heterocycles. The maximum atomic E-state index is 14.6. The van der Waals surface area contributed by atoms with Gasteiger partial charge in [-0.2, -0.15) is 0 Å². The Kier molecular flexibility index (Phi) is 6.77. The number of halogens is 2. The predicted octanol–water partition coefficient (Wildman–Crippen LogP) is 4.30. The summed E-state index contributed by atoms with van der Waals surface area (Å²) in [6.45, 7) is 1.72. The second-order valence-electron chi connectivity index (χ2n) is 8.82. The molecule has 1 saturated heterocycles. The van der Waals surface area contributed by atoms with Crippen LogP contribution in [0, 0.1) is 11.7 Å². The number of nitrogens with zero attached hydrogens (tertiary/aromatic N) is 3. The maximum Gasteiger partial charge on any atom is 0.407 e. The first-order chi connectivity index (χ1) is 16.5. The number of nitrogens with one attached hydrogen (secondary N) is 3. The molecule has 2 aliphatic rings. The van der Waals surface area contributed by atoms with Crippen LogP contribution >= 0.6 is 11.6 Å². The van der Waals surface area contributed by atoms with Crippen LogP contribution in [0.2, 0.25) is 5.02 Å². The number of aromatic nitrogens is 4. The van der Waals surface area contributed by atoms with Gasteiger partial charge in [-0.3, -0.25) is 0 Å². The van der Waals surface area contributed by atoms with E-state index < -0.39 is 11.9 Å². The van der Waals surface area contributed by atoms with Crippen molar-refractivity contribution in [2.45, 2.75) is 44.2 Å². The summed E-state index contributed by atoms with van der Waals surface area (Å²) in [5, 5.41) is 7.39. The second-order valence-corrected chi connectivity index (χ2v) is 9.26. The molecule has 0 bridgehead atoms. The summed E-state index contributed by atoms with van der Waals surface area (Å²) < 4.78 is 25.2. The van der Waals surface area contributed by atoms with Gasteiger partial charge in [-0.1, -0.05) is 11.6 Å². The van der Waals surface area contributed by atoms with Gasteiger partial charge < -0.3 is 25.1 Å². The van der Waals surface area contributed by atoms with Gasteiger partial charge in [0, 0.05) is 48.0 Å². The maximum absolute atomic E-state index is 14.6. The second kappa shape index (κ2) is 10.1. The van der Waals surface area contributed by atoms with E-state index in [-0.39, 0.29) is 23.8 Å². The van der Waals surface area contributed by atoms with E-state index in [1.165, 1.54) is 0 Å². The predicted molar refractivity (Wildman–Crippen MR) is 125 cm³/mol. The standard InChI is InChI=1S/C23H26ClFN6O3/c24-14-6-17-18(9-27-20(17)26-8-14)21-28-10-19(25)22(31-21)29-15-2-1-3-16(7-15)30-23(32)34-12-13-4-5-33-11-13/h6,8-10,13,15-16H,1-5,7,11-12H2,(H,26,27)(H,30,32)(H,28,29,31)/t13?,15?,16-/m1/s1. The Labute approximate surface area is 200 Å². The third-order valence-electron chi connectivity index (χ3n) is 6.29. The number of H-pyrrole nitrogens is 1. The van der Waals surface area contributed by atoms with Crippen LogP contribution in [0.4, 0.5) is 15.0 Å². The minimum Gasteiger partial charge on any atom is -0.449 e. The summed E-state index contributed by atoms with van der Waals surface area (Å²) in [4.78, 5) is 28.1. The van der Waals surface area contributed by atoms with Crippen molar-refractivity contribution in [2.75, 3.05) is 25.1 Å². The number of alkyl carbamates (subject to hydrolysis) is 1. The van der Waals surface area contributed by atoms with Gasteiger partial charge in [0.1, 0.15) is 5.65 Å². The SMILES string of the molecule is O=C(N[C@@H]1CCCC(Nc2nc(-c3c[nH]c4ncc(Cl)cc34)ncc2F)C1)OCC1CCOC1. The van der Waals surface area contributed by atoms with Crippen molar-refractivity contribution in [1.29, 1.82) is 0 Å². The summed E-state index contributed by atoms with van der Waals surface area (Å²) in [6, 6.07) is 1.68. The van der Waals surface area contributed by atoms with Crippen molar-refractivity contribution in [3.05, 3.63) is 35.5 Å². The van der Waals surface area contributed by atoms with Crippen molar-refractivity contribution in [3.8, 4) is 11.4 Å². The molecule has 1 saturated carbocycles. The van der Waals surface area contributed by atoms with Crippen molar-refractivity contribution in [1.82, 2.24) is 25.3 Å². The molecule has 3 atom stereocenters. The molecule has 3 aromatic rings. The minimum atomic E-state index is -0.534. The van der Waals surface area contributed by atoms with Gasteiger partial charge in [0.05, 0.1) is 24.4 Å². The van der Waals surface area contributed by atoms with Crippen LogP contribution in [0.15, 0.2) is 24.7 Å². The monoisotopic (exact) mass is 488 g/mol. The molecule has 0 spiro atoms. The molecule has 0 radical (unpaired) electrons. The highest BCUT2D eigenvalue weighted by Crippen LogP contribution is 2.29. The molecule has 180 valence electrons. The zero-order valence-corrected chi connectivity index (χ0v) is 19.3. The van der Waals surface area contributed by atoms with E-state index in [1.807, 2.05) is 0 Å². The third-order valence-corrected chi connectivity index (χ3v) is 6.50. The van der Waals surface area contributed by atoms with E-state index >= 15 is 0 Å². The quantitative estimate of drug-likeness (QED) is 0.474. The number of anilines is 1. The van der Waals surface area contributed by atoms with Crippen LogP contribution in [-0.2, 0) is 9.47 Å². The highest BCUT2D eigenvalue weighted by Gasteiger charge is 2.26. The summed E-state index contributed by atoms with van der Waals surface area (Å²) in [7, 11) is 0. The van der Waals surface area contributed by atoms with Crippen molar-refractivity contribution in [3.63, 3.8) is 0 Å². The van der Waals surface area contributed by atoms with Gasteiger partial charge in [0.15, 0.2) is 17.5 Å². The normalized spacial score (nSPS) is 22.6. The Balaban J connectivity index is 1.23. The number of aromatic amines is 1. The molecule has 1 aliphatic carbocycles. The van der Waals surface area contributed by atoms with E-state index in [1.54, 1.807) is 18.5 Å². The zero-order chi connectivity index (χ0) is 23.5. The van der Waals surface area contributed by atoms with Gasteiger partial charge in [-0.25, -0.2) is 24.1 Å². The largest absolute Gasteiger partial charge is 0.449 e. The number of fused-ring (bicyclic) bond motifs is 1. The Morgan fingerprint density at radius 1 is 1.26 bits per heavy atom. The van der Waals surface area contributed by atoms with E-state index in [0.29, 0.717) is 41.7 Å². The number of pyridine rings is 1. The summed E-state index contributed by atoms with van der Waals surface area (Å²) >= 11 is 6.09. The zero-order valence-electron chi connectivity index (χ0n) is 18.5. The Morgan fingerprint density at radius 2 is 2.15 bits per heavy atom. The lowest BCUT2D eigenvalue weighted by Crippen LogP contribution is -2.42. The summed E-state index contributed by atoms with van der Waals surface area (Å²) in [5.41, 5.74) is 1.34. The fourth-order valence-electron chi connectivity index (χ4n) is 4.52. The Morgan fingerprint density at radius 3 is 3.00 bits per heavy atom. The first kappa shape index (κ1) is 22.8. The molecule has 3 aromatic heterocycles. The molecule has 9 nitrogen and oxygen atoms in total. The number of carbonyl (C=O) groups is 1. The van der Waals surface area contributed by atoms with Gasteiger partial charge in [0.25, 0.3) is 0 Å². The lowest BCUT2D eigenvalue weighted by Gasteiger charge is -2.30. The van der Waals surface area contributed by atoms with Crippen molar-refractivity contribution < 1.29 is 18.7 Å². The average Bonchev–Trinajstić information content (AvgIpc) is 3.49. The molecule has 0 aromatic carbocycles. The van der Waals surface area contributed by atoms with Gasteiger partial charge >= 0.3 is 6.09 Å². The first-order valence-electron chi connectivity index (χ1n) is 11.5. The number of ether oxygens (including phenoxy) is 2. The average molecular weight is 489 g/mol. The molecule has 2 unspecified atom stereocenters. The minimum absolute atomic E-state index is 0.0430. The first-order valence-corrected chi connectivity index (χ1v) is 11.9. The van der Waals surface area contributed by atoms with Crippen LogP contribution in [0.1, 0.15) is 32.1 Å². The van der Waals surface area contributed by atoms with Crippen LogP contribution in [0.3, 0.4) is 0 Å². The number of hydrogen-bond acceptors (Lipinski definition) is 7. The fraction of sp³-hybridized carbons (Fsp3) is 0.478. The molecule has 1 amide bonds. The van der Waals surface area contributed by atoms with Gasteiger partial charge in [-0.15, -0.1) is 0 Å². The molecule has 11 heteroatoms. The number of carbonyl (C=O) groups excluding carboxylic acids is 1. The molecule has 3 N–H and O–H groups in total. The molecular formula is C23H26ClFN6O3. The number of hydrogen-bond donors (Lipinski definition) is 3. The molecular weight excluding hydrogens is 463 g/mol. The lowest BCUT2D eigenvalue weighted by atomic mass is 9.91. The van der Waals surface area contributed by atoms with Crippen LogP contribution in [0.25, 0.3) is 22.4 Å². The molecule has 1 aliphatic heterocycles. The van der Waals surface area contributed by atoms with Crippen molar-refractivity contribution >= 4 is 34.5 Å². The Bertz CT molecular complexity index is 1170. The third kappa shape index (κ3) is 5.23. The molecule has 34 heavy (non-hydrogen) atoms. The summed E-state index contributed by atoms with van der Waals surface area (Å²) in [6.07, 6.45) is 8.17. The highest BCUT2D eigenvalue weighted by molar-refractivity contribution is 6.31. The van der Waals surface area contributed by atoms with Crippen LogP contribution in [-0.4, -0.2) is 57.9 Å². The smallest absolute Gasteiger partial charge is 0.407 e. The lowest BCUT2D eigenvalue weighted by molar-refractivity contribution is 0.112. The van der Waals surface area contributed by atoms with Crippen LogP contribution in [0.5, 0.6) is 0 Å². The van der Waals surface area contributed by atoms with E-state index in [2.05, 4.69) is 30.6 Å². The molecule has 5 rings (SSSR count). The topological polar surface area (TPSA) is 114 Å². The highest BCUT2D eigenvalue weighted by atomic mass is 35.5. The van der Waals surface area contributed by atoms with E-state index in [0.717, 1.165) is 43.9 Å². The molecule has 2 fully saturated rings.